The van der Waals surface area contributed by atoms with E-state index in [0.29, 0.717) is 6.54 Å². The zero-order valence-corrected chi connectivity index (χ0v) is 14.7. The van der Waals surface area contributed by atoms with Gasteiger partial charge in [-0.15, -0.1) is 11.8 Å². The number of rotatable bonds is 6. The molecule has 1 aromatic carbocycles. The smallest absolute Gasteiger partial charge is 0.309 e. The first-order valence-corrected chi connectivity index (χ1v) is 9.16. The van der Waals surface area contributed by atoms with Gasteiger partial charge in [0.1, 0.15) is 0 Å². The standard InChI is InChI=1S/C18H22N2O3S/c1-11-16(14-5-3-4-6-15(14)20-11)24-10-9-19-17(21)12-7-8-13(12)18(22)23-2/h3-6,12-13,20H,7-10H2,1-2H3,(H,19,21)/t12-,13+/m0/s1. The highest BCUT2D eigenvalue weighted by molar-refractivity contribution is 7.99. The molecular weight excluding hydrogens is 324 g/mol. The van der Waals surface area contributed by atoms with Crippen LogP contribution in [0.1, 0.15) is 18.5 Å². The zero-order valence-electron chi connectivity index (χ0n) is 13.9. The molecule has 0 saturated heterocycles. The Morgan fingerprint density at radius 2 is 2.04 bits per heavy atom. The van der Waals surface area contributed by atoms with Crippen molar-refractivity contribution in [2.45, 2.75) is 24.7 Å². The van der Waals surface area contributed by atoms with Crippen molar-refractivity contribution < 1.29 is 14.3 Å². The molecule has 24 heavy (non-hydrogen) atoms. The molecule has 0 aliphatic heterocycles. The van der Waals surface area contributed by atoms with Gasteiger partial charge in [0.15, 0.2) is 0 Å². The van der Waals surface area contributed by atoms with E-state index in [1.165, 1.54) is 17.4 Å². The van der Waals surface area contributed by atoms with E-state index < -0.39 is 0 Å². The molecule has 2 N–H and O–H groups in total. The fourth-order valence-corrected chi connectivity index (χ4v) is 4.15. The molecule has 0 spiro atoms. The topological polar surface area (TPSA) is 71.2 Å². The number of thioether (sulfide) groups is 1. The van der Waals surface area contributed by atoms with Gasteiger partial charge in [0.05, 0.1) is 18.9 Å². The SMILES string of the molecule is COC(=O)[C@@H]1CC[C@@H]1C(=O)NCCSc1c(C)[nH]c2ccccc12. The van der Waals surface area contributed by atoms with Gasteiger partial charge in [0, 0.05) is 33.8 Å². The summed E-state index contributed by atoms with van der Waals surface area (Å²) < 4.78 is 4.74. The van der Waals surface area contributed by atoms with Crippen LogP contribution in [0.15, 0.2) is 29.2 Å². The molecule has 1 heterocycles. The number of amides is 1. The largest absolute Gasteiger partial charge is 0.469 e. The van der Waals surface area contributed by atoms with E-state index in [4.69, 9.17) is 4.74 Å². The van der Waals surface area contributed by atoms with E-state index in [1.54, 1.807) is 11.8 Å². The third-order valence-corrected chi connectivity index (χ3v) is 5.82. The van der Waals surface area contributed by atoms with Crippen LogP contribution in [0.25, 0.3) is 10.9 Å². The molecule has 5 nitrogen and oxygen atoms in total. The molecule has 2 aromatic rings. The van der Waals surface area contributed by atoms with Gasteiger partial charge in [-0.05, 0) is 25.8 Å². The van der Waals surface area contributed by atoms with Crippen LogP contribution in [-0.4, -0.2) is 36.3 Å². The molecule has 2 atom stereocenters. The molecule has 1 amide bonds. The van der Waals surface area contributed by atoms with Gasteiger partial charge in [-0.25, -0.2) is 0 Å². The summed E-state index contributed by atoms with van der Waals surface area (Å²) in [5, 5.41) is 4.16. The molecule has 1 fully saturated rings. The van der Waals surface area contributed by atoms with Gasteiger partial charge in [-0.2, -0.15) is 0 Å². The molecule has 1 aliphatic rings. The number of esters is 1. The Labute approximate surface area is 145 Å². The highest BCUT2D eigenvalue weighted by Gasteiger charge is 2.41. The third kappa shape index (κ3) is 3.29. The number of aromatic nitrogens is 1. The number of H-pyrrole nitrogens is 1. The normalized spacial score (nSPS) is 19.8. The summed E-state index contributed by atoms with van der Waals surface area (Å²) in [7, 11) is 1.37. The zero-order chi connectivity index (χ0) is 17.1. The van der Waals surface area contributed by atoms with Crippen molar-refractivity contribution in [1.82, 2.24) is 10.3 Å². The minimum Gasteiger partial charge on any atom is -0.469 e. The molecule has 1 saturated carbocycles. The van der Waals surface area contributed by atoms with Crippen LogP contribution in [0.4, 0.5) is 0 Å². The Morgan fingerprint density at radius 3 is 2.75 bits per heavy atom. The van der Waals surface area contributed by atoms with Crippen LogP contribution < -0.4 is 5.32 Å². The summed E-state index contributed by atoms with van der Waals surface area (Å²) in [6.45, 7) is 2.66. The van der Waals surface area contributed by atoms with E-state index >= 15 is 0 Å². The summed E-state index contributed by atoms with van der Waals surface area (Å²) in [6, 6.07) is 8.22. The summed E-state index contributed by atoms with van der Waals surface area (Å²) in [4.78, 5) is 28.3. The molecule has 1 aromatic heterocycles. The van der Waals surface area contributed by atoms with Gasteiger partial charge in [-0.1, -0.05) is 18.2 Å². The number of benzene rings is 1. The van der Waals surface area contributed by atoms with Crippen molar-refractivity contribution in [2.24, 2.45) is 11.8 Å². The molecule has 1 aliphatic carbocycles. The van der Waals surface area contributed by atoms with Gasteiger partial charge in [0.2, 0.25) is 5.91 Å². The number of nitrogens with one attached hydrogen (secondary N) is 2. The van der Waals surface area contributed by atoms with E-state index in [0.717, 1.165) is 29.8 Å². The second kappa shape index (κ2) is 7.30. The first-order valence-electron chi connectivity index (χ1n) is 8.17. The third-order valence-electron chi connectivity index (χ3n) is 4.60. The maximum absolute atomic E-state index is 12.2. The average molecular weight is 346 g/mol. The van der Waals surface area contributed by atoms with Crippen molar-refractivity contribution in [1.29, 1.82) is 0 Å². The molecule has 0 unspecified atom stereocenters. The van der Waals surface area contributed by atoms with Crippen molar-refractivity contribution in [3.05, 3.63) is 30.0 Å². The number of aromatic amines is 1. The number of hydrogen-bond donors (Lipinski definition) is 2. The Balaban J connectivity index is 1.49. The van der Waals surface area contributed by atoms with Gasteiger partial charge in [-0.3, -0.25) is 9.59 Å². The number of para-hydroxylation sites is 1. The van der Waals surface area contributed by atoms with Crippen LogP contribution in [0, 0.1) is 18.8 Å². The van der Waals surface area contributed by atoms with Crippen molar-refractivity contribution in [3.63, 3.8) is 0 Å². The predicted octanol–water partition coefficient (Wildman–Crippen LogP) is 2.88. The van der Waals surface area contributed by atoms with Crippen LogP contribution in [0.3, 0.4) is 0 Å². The van der Waals surface area contributed by atoms with E-state index in [1.807, 2.05) is 12.1 Å². The van der Waals surface area contributed by atoms with E-state index in [-0.39, 0.29) is 23.7 Å². The first-order chi connectivity index (χ1) is 11.6. The minimum atomic E-state index is -0.273. The predicted molar refractivity (Wildman–Crippen MR) is 95.0 cm³/mol. The Morgan fingerprint density at radius 1 is 1.29 bits per heavy atom. The number of carbonyl (C=O) groups excluding carboxylic acids is 2. The Kier molecular flexibility index (Phi) is 5.14. The number of ether oxygens (including phenoxy) is 1. The summed E-state index contributed by atoms with van der Waals surface area (Å²) in [6.07, 6.45) is 1.51. The highest BCUT2D eigenvalue weighted by atomic mass is 32.2. The average Bonchev–Trinajstić information content (AvgIpc) is 2.86. The van der Waals surface area contributed by atoms with Crippen molar-refractivity contribution >= 4 is 34.5 Å². The number of carbonyl (C=O) groups is 2. The minimum absolute atomic E-state index is 0.0344. The van der Waals surface area contributed by atoms with E-state index in [2.05, 4.69) is 29.4 Å². The second-order valence-corrected chi connectivity index (χ2v) is 7.18. The van der Waals surface area contributed by atoms with Gasteiger partial charge in [0.25, 0.3) is 0 Å². The quantitative estimate of drug-likeness (QED) is 0.479. The number of fused-ring (bicyclic) bond motifs is 1. The molecule has 0 bridgehead atoms. The number of methoxy groups -OCH3 is 1. The molecule has 3 rings (SSSR count). The monoisotopic (exact) mass is 346 g/mol. The lowest BCUT2D eigenvalue weighted by Gasteiger charge is -2.32. The maximum Gasteiger partial charge on any atom is 0.309 e. The van der Waals surface area contributed by atoms with Crippen LogP contribution in [0.5, 0.6) is 0 Å². The number of aryl methyl sites for hydroxylation is 1. The van der Waals surface area contributed by atoms with E-state index in [9.17, 15) is 9.59 Å². The first kappa shape index (κ1) is 16.9. The fourth-order valence-electron chi connectivity index (χ4n) is 3.14. The van der Waals surface area contributed by atoms with Crippen LogP contribution >= 0.6 is 11.8 Å². The molecule has 6 heteroatoms. The van der Waals surface area contributed by atoms with Gasteiger partial charge >= 0.3 is 5.97 Å². The van der Waals surface area contributed by atoms with Crippen molar-refractivity contribution in [3.8, 4) is 0 Å². The highest BCUT2D eigenvalue weighted by Crippen LogP contribution is 2.35. The summed E-state index contributed by atoms with van der Waals surface area (Å²) in [5.41, 5.74) is 2.29. The Bertz CT molecular complexity index is 756. The lowest BCUT2D eigenvalue weighted by atomic mass is 9.73. The maximum atomic E-state index is 12.2. The molecular formula is C18H22N2O3S. The van der Waals surface area contributed by atoms with Crippen LogP contribution in [-0.2, 0) is 14.3 Å². The van der Waals surface area contributed by atoms with Crippen LogP contribution in [0.2, 0.25) is 0 Å². The van der Waals surface area contributed by atoms with Crippen molar-refractivity contribution in [2.75, 3.05) is 19.4 Å². The summed E-state index contributed by atoms with van der Waals surface area (Å²) >= 11 is 1.74. The fraction of sp³-hybridized carbons (Fsp3) is 0.444. The lowest BCUT2D eigenvalue weighted by Crippen LogP contribution is -2.44. The Hall–Kier alpha value is -1.95. The van der Waals surface area contributed by atoms with Gasteiger partial charge < -0.3 is 15.0 Å². The second-order valence-electron chi connectivity index (χ2n) is 6.08. The molecule has 128 valence electrons. The molecule has 0 radical (unpaired) electrons. The number of hydrogen-bond acceptors (Lipinski definition) is 4. The summed E-state index contributed by atoms with van der Waals surface area (Å²) in [5.74, 6) is -0.00166. The lowest BCUT2D eigenvalue weighted by molar-refractivity contribution is -0.155.